The van der Waals surface area contributed by atoms with Gasteiger partial charge >= 0.3 is 13.0 Å². The minimum atomic E-state index is -1.75. The van der Waals surface area contributed by atoms with Crippen molar-refractivity contribution < 1.29 is 19.6 Å². The lowest BCUT2D eigenvalue weighted by atomic mass is 9.75. The van der Waals surface area contributed by atoms with Crippen LogP contribution in [-0.4, -0.2) is 41.5 Å². The molecule has 6 nitrogen and oxygen atoms in total. The zero-order chi connectivity index (χ0) is 20.7. The number of anilines is 1. The minimum absolute atomic E-state index is 0.240. The first kappa shape index (κ1) is 21.2. The number of rotatable bonds is 7. The van der Waals surface area contributed by atoms with Crippen molar-refractivity contribution in [2.24, 2.45) is 0 Å². The largest absolute Gasteiger partial charge is 0.475 e. The van der Waals surface area contributed by atoms with Gasteiger partial charge in [-0.25, -0.2) is 0 Å². The standard InChI is InChI=1S/C21H23BN2O4/c1-4-21(26)24(18-8-6-5-7-9-18)14-20(25)23-19(22(27)28)13-17-11-10-15(2)12-16(17)3/h1,5-12,19,27-28H,13-14H2,2-3H3,(H,23,25). The molecule has 2 rings (SSSR count). The summed E-state index contributed by atoms with van der Waals surface area (Å²) >= 11 is 0. The molecular formula is C21H23BN2O4. The van der Waals surface area contributed by atoms with Gasteiger partial charge in [-0.1, -0.05) is 42.0 Å². The number of carbonyl (C=O) groups is 2. The van der Waals surface area contributed by atoms with Crippen LogP contribution in [0, 0.1) is 26.2 Å². The molecule has 2 aromatic carbocycles. The van der Waals surface area contributed by atoms with Crippen molar-refractivity contribution in [2.75, 3.05) is 11.4 Å². The summed E-state index contributed by atoms with van der Waals surface area (Å²) in [5.74, 6) is -0.120. The number of carbonyl (C=O) groups excluding carboxylic acids is 2. The van der Waals surface area contributed by atoms with E-state index in [9.17, 15) is 19.6 Å². The molecule has 0 fully saturated rings. The highest BCUT2D eigenvalue weighted by molar-refractivity contribution is 6.43. The molecule has 2 amide bonds. The van der Waals surface area contributed by atoms with Crippen molar-refractivity contribution in [1.29, 1.82) is 0 Å². The number of hydrogen-bond donors (Lipinski definition) is 3. The zero-order valence-corrected chi connectivity index (χ0v) is 15.9. The summed E-state index contributed by atoms with van der Waals surface area (Å²) in [4.78, 5) is 25.7. The Balaban J connectivity index is 2.12. The number of terminal acetylenes is 1. The van der Waals surface area contributed by atoms with E-state index in [1.54, 1.807) is 30.3 Å². The summed E-state index contributed by atoms with van der Waals surface area (Å²) in [7, 11) is -1.75. The third-order valence-electron chi connectivity index (χ3n) is 4.38. The fourth-order valence-corrected chi connectivity index (χ4v) is 2.90. The molecule has 0 aromatic heterocycles. The highest BCUT2D eigenvalue weighted by Gasteiger charge is 2.27. The first-order valence-electron chi connectivity index (χ1n) is 8.86. The monoisotopic (exact) mass is 378 g/mol. The molecule has 144 valence electrons. The van der Waals surface area contributed by atoms with Gasteiger partial charge in [-0.05, 0) is 49.4 Å². The van der Waals surface area contributed by atoms with Gasteiger partial charge in [0, 0.05) is 5.69 Å². The van der Waals surface area contributed by atoms with E-state index in [2.05, 4.69) is 5.32 Å². The van der Waals surface area contributed by atoms with Gasteiger partial charge in [0.05, 0.1) is 5.94 Å². The average Bonchev–Trinajstić information content (AvgIpc) is 2.67. The van der Waals surface area contributed by atoms with Crippen LogP contribution in [0.3, 0.4) is 0 Å². The first-order valence-corrected chi connectivity index (χ1v) is 8.86. The Morgan fingerprint density at radius 2 is 1.86 bits per heavy atom. The lowest BCUT2D eigenvalue weighted by Crippen LogP contribution is -2.51. The third-order valence-corrected chi connectivity index (χ3v) is 4.38. The van der Waals surface area contributed by atoms with Gasteiger partial charge in [-0.2, -0.15) is 0 Å². The van der Waals surface area contributed by atoms with Gasteiger partial charge in [0.1, 0.15) is 6.54 Å². The van der Waals surface area contributed by atoms with Gasteiger partial charge in [0.15, 0.2) is 0 Å². The number of hydrogen-bond acceptors (Lipinski definition) is 4. The predicted molar refractivity (Wildman–Crippen MR) is 109 cm³/mol. The lowest BCUT2D eigenvalue weighted by molar-refractivity contribution is -0.122. The highest BCUT2D eigenvalue weighted by atomic mass is 16.4. The SMILES string of the molecule is C#CC(=O)N(CC(=O)NC(Cc1ccc(C)cc1C)B(O)O)c1ccccc1. The molecule has 0 bridgehead atoms. The summed E-state index contributed by atoms with van der Waals surface area (Å²) in [6.45, 7) is 3.56. The summed E-state index contributed by atoms with van der Waals surface area (Å²) in [5, 5.41) is 22.0. The molecule has 3 N–H and O–H groups in total. The van der Waals surface area contributed by atoms with Gasteiger partial charge in [0.25, 0.3) is 0 Å². The quantitative estimate of drug-likeness (QED) is 0.496. The van der Waals surface area contributed by atoms with Crippen LogP contribution < -0.4 is 10.2 Å². The first-order chi connectivity index (χ1) is 13.3. The second kappa shape index (κ2) is 9.74. The Hall–Kier alpha value is -3.08. The topological polar surface area (TPSA) is 89.9 Å². The van der Waals surface area contributed by atoms with Crippen molar-refractivity contribution in [3.63, 3.8) is 0 Å². The van der Waals surface area contributed by atoms with E-state index in [1.807, 2.05) is 38.0 Å². The Morgan fingerprint density at radius 1 is 1.18 bits per heavy atom. The van der Waals surface area contributed by atoms with E-state index in [4.69, 9.17) is 6.42 Å². The minimum Gasteiger partial charge on any atom is -0.426 e. The Morgan fingerprint density at radius 3 is 2.43 bits per heavy atom. The fraction of sp³-hybridized carbons (Fsp3) is 0.238. The second-order valence-electron chi connectivity index (χ2n) is 6.59. The van der Waals surface area contributed by atoms with Gasteiger partial charge in [-0.3, -0.25) is 14.5 Å². The van der Waals surface area contributed by atoms with E-state index in [0.29, 0.717) is 5.69 Å². The van der Waals surface area contributed by atoms with E-state index in [0.717, 1.165) is 21.6 Å². The van der Waals surface area contributed by atoms with Crippen LogP contribution in [0.5, 0.6) is 0 Å². The van der Waals surface area contributed by atoms with Crippen LogP contribution in [0.25, 0.3) is 0 Å². The van der Waals surface area contributed by atoms with E-state index in [-0.39, 0.29) is 13.0 Å². The van der Waals surface area contributed by atoms with Crippen LogP contribution in [0.2, 0.25) is 0 Å². The van der Waals surface area contributed by atoms with Gasteiger partial charge < -0.3 is 15.4 Å². The van der Waals surface area contributed by atoms with E-state index in [1.165, 1.54) is 0 Å². The summed E-state index contributed by atoms with van der Waals surface area (Å²) < 4.78 is 0. The number of aryl methyl sites for hydroxylation is 2. The van der Waals surface area contributed by atoms with Crippen LogP contribution in [0.15, 0.2) is 48.5 Å². The number of nitrogens with zero attached hydrogens (tertiary/aromatic N) is 1. The van der Waals surface area contributed by atoms with Crippen LogP contribution >= 0.6 is 0 Å². The molecule has 0 aliphatic rings. The maximum atomic E-state index is 12.5. The predicted octanol–water partition coefficient (Wildman–Crippen LogP) is 1.01. The third kappa shape index (κ3) is 5.71. The maximum Gasteiger partial charge on any atom is 0.475 e. The zero-order valence-electron chi connectivity index (χ0n) is 15.9. The van der Waals surface area contributed by atoms with Crippen LogP contribution in [0.1, 0.15) is 16.7 Å². The molecule has 2 aromatic rings. The molecule has 0 heterocycles. The molecule has 0 saturated carbocycles. The normalized spacial score (nSPS) is 11.2. The number of benzene rings is 2. The molecule has 0 aliphatic heterocycles. The maximum absolute atomic E-state index is 12.5. The summed E-state index contributed by atoms with van der Waals surface area (Å²) in [5.41, 5.74) is 3.46. The molecule has 0 spiro atoms. The number of para-hydroxylation sites is 1. The molecule has 7 heteroatoms. The number of nitrogens with one attached hydrogen (secondary N) is 1. The Kier molecular flexibility index (Phi) is 7.39. The van der Waals surface area contributed by atoms with Crippen molar-refractivity contribution in [3.05, 3.63) is 65.2 Å². The summed E-state index contributed by atoms with van der Waals surface area (Å²) in [6, 6.07) is 14.4. The Labute approximate surface area is 165 Å². The van der Waals surface area contributed by atoms with E-state index >= 15 is 0 Å². The smallest absolute Gasteiger partial charge is 0.426 e. The average molecular weight is 378 g/mol. The van der Waals surface area contributed by atoms with Crippen molar-refractivity contribution in [2.45, 2.75) is 26.2 Å². The molecule has 0 saturated heterocycles. The molecule has 0 radical (unpaired) electrons. The molecular weight excluding hydrogens is 355 g/mol. The number of amides is 2. The van der Waals surface area contributed by atoms with Crippen molar-refractivity contribution >= 4 is 24.6 Å². The van der Waals surface area contributed by atoms with Crippen molar-refractivity contribution in [1.82, 2.24) is 5.32 Å². The van der Waals surface area contributed by atoms with Crippen molar-refractivity contribution in [3.8, 4) is 12.3 Å². The molecule has 1 atom stereocenters. The van der Waals surface area contributed by atoms with Crippen LogP contribution in [-0.2, 0) is 16.0 Å². The highest BCUT2D eigenvalue weighted by Crippen LogP contribution is 2.15. The Bertz CT molecular complexity index is 878. The lowest BCUT2D eigenvalue weighted by Gasteiger charge is -2.23. The molecule has 28 heavy (non-hydrogen) atoms. The fourth-order valence-electron chi connectivity index (χ4n) is 2.90. The summed E-state index contributed by atoms with van der Waals surface area (Å²) in [6.07, 6.45) is 5.45. The van der Waals surface area contributed by atoms with Gasteiger partial charge in [-0.15, -0.1) is 6.42 Å². The van der Waals surface area contributed by atoms with Gasteiger partial charge in [0.2, 0.25) is 5.91 Å². The molecule has 1 unspecified atom stereocenters. The van der Waals surface area contributed by atoms with E-state index < -0.39 is 24.9 Å². The second-order valence-corrected chi connectivity index (χ2v) is 6.59. The van der Waals surface area contributed by atoms with Crippen LogP contribution in [0.4, 0.5) is 5.69 Å². The molecule has 0 aliphatic carbocycles.